The fourth-order valence-corrected chi connectivity index (χ4v) is 4.29. The summed E-state index contributed by atoms with van der Waals surface area (Å²) < 4.78 is 5.76. The lowest BCUT2D eigenvalue weighted by molar-refractivity contribution is 0.0696. The van der Waals surface area contributed by atoms with Gasteiger partial charge in [-0.3, -0.25) is 9.69 Å². The Bertz CT molecular complexity index is 1100. The van der Waals surface area contributed by atoms with E-state index in [0.29, 0.717) is 41.1 Å². The molecule has 0 unspecified atom stereocenters. The number of nitrogens with one attached hydrogen (secondary N) is 1. The molecule has 3 aromatic rings. The Labute approximate surface area is 200 Å². The standard InChI is InChI=1S/C23H23ClN4O4S/c24-16-3-5-18(6-4-16)32-12-11-27-7-9-28(10-8-27)21-19(23(30)31)14-17(15-25-21)26-22(29)20-2-1-13-33-20/h1-6,13-15H,7-12H2,(H,26,29)(H,30,31). The maximum Gasteiger partial charge on any atom is 0.339 e. The van der Waals surface area contributed by atoms with Gasteiger partial charge in [-0.1, -0.05) is 17.7 Å². The first-order valence-electron chi connectivity index (χ1n) is 10.4. The Morgan fingerprint density at radius 3 is 2.58 bits per heavy atom. The number of carbonyl (C=O) groups excluding carboxylic acids is 1. The molecule has 3 heterocycles. The number of carboxylic acid groups (broad SMARTS) is 1. The van der Waals surface area contributed by atoms with Crippen LogP contribution in [0, 0.1) is 0 Å². The van der Waals surface area contributed by atoms with Crippen molar-refractivity contribution in [2.75, 3.05) is 49.5 Å². The minimum absolute atomic E-state index is 0.0681. The third-order valence-corrected chi connectivity index (χ3v) is 6.38. The molecule has 2 aromatic heterocycles. The molecular formula is C23H23ClN4O4S. The van der Waals surface area contributed by atoms with Gasteiger partial charge in [-0.15, -0.1) is 11.3 Å². The summed E-state index contributed by atoms with van der Waals surface area (Å²) in [6, 6.07) is 12.2. The number of hydrogen-bond donors (Lipinski definition) is 2. The van der Waals surface area contributed by atoms with Crippen LogP contribution in [0.4, 0.5) is 11.5 Å². The van der Waals surface area contributed by atoms with Crippen molar-refractivity contribution in [2.45, 2.75) is 0 Å². The van der Waals surface area contributed by atoms with Crippen LogP contribution in [0.2, 0.25) is 5.02 Å². The van der Waals surface area contributed by atoms with E-state index >= 15 is 0 Å². The van der Waals surface area contributed by atoms with Crippen LogP contribution in [0.3, 0.4) is 0 Å². The van der Waals surface area contributed by atoms with Crippen LogP contribution < -0.4 is 15.0 Å². The predicted molar refractivity (Wildman–Crippen MR) is 129 cm³/mol. The molecule has 0 aliphatic carbocycles. The average molecular weight is 487 g/mol. The van der Waals surface area contributed by atoms with Crippen LogP contribution >= 0.6 is 22.9 Å². The molecule has 0 radical (unpaired) electrons. The van der Waals surface area contributed by atoms with Gasteiger partial charge < -0.3 is 20.1 Å². The van der Waals surface area contributed by atoms with Crippen molar-refractivity contribution in [1.29, 1.82) is 0 Å². The smallest absolute Gasteiger partial charge is 0.339 e. The monoisotopic (exact) mass is 486 g/mol. The summed E-state index contributed by atoms with van der Waals surface area (Å²) in [6.07, 6.45) is 1.50. The van der Waals surface area contributed by atoms with Crippen LogP contribution in [0.5, 0.6) is 5.75 Å². The molecule has 1 aliphatic rings. The summed E-state index contributed by atoms with van der Waals surface area (Å²) in [5.74, 6) is -0.179. The first-order valence-corrected chi connectivity index (χ1v) is 11.7. The number of carboxylic acids is 1. The van der Waals surface area contributed by atoms with E-state index in [2.05, 4.69) is 15.2 Å². The number of benzene rings is 1. The molecule has 4 rings (SSSR count). The zero-order valence-electron chi connectivity index (χ0n) is 17.7. The fourth-order valence-electron chi connectivity index (χ4n) is 3.54. The minimum Gasteiger partial charge on any atom is -0.492 e. The Morgan fingerprint density at radius 1 is 1.15 bits per heavy atom. The normalized spacial score (nSPS) is 14.2. The van der Waals surface area contributed by atoms with Gasteiger partial charge in [0.05, 0.1) is 16.8 Å². The number of piperazine rings is 1. The summed E-state index contributed by atoms with van der Waals surface area (Å²) >= 11 is 7.20. The maximum absolute atomic E-state index is 12.3. The Kier molecular flexibility index (Phi) is 7.43. The van der Waals surface area contributed by atoms with Crippen molar-refractivity contribution >= 4 is 46.3 Å². The summed E-state index contributed by atoms with van der Waals surface area (Å²) in [7, 11) is 0. The Morgan fingerprint density at radius 2 is 1.91 bits per heavy atom. The van der Waals surface area contributed by atoms with E-state index in [9.17, 15) is 14.7 Å². The molecule has 1 saturated heterocycles. The van der Waals surface area contributed by atoms with Crippen molar-refractivity contribution in [3.8, 4) is 5.75 Å². The zero-order valence-corrected chi connectivity index (χ0v) is 19.3. The van der Waals surface area contributed by atoms with Gasteiger partial charge in [0.2, 0.25) is 0 Å². The van der Waals surface area contributed by atoms with Gasteiger partial charge in [0.15, 0.2) is 0 Å². The number of nitrogens with zero attached hydrogens (tertiary/aromatic N) is 3. The van der Waals surface area contributed by atoms with E-state index in [4.69, 9.17) is 16.3 Å². The highest BCUT2D eigenvalue weighted by molar-refractivity contribution is 7.12. The predicted octanol–water partition coefficient (Wildman–Crippen LogP) is 3.95. The number of thiophene rings is 1. The van der Waals surface area contributed by atoms with Crippen LogP contribution in [0.15, 0.2) is 54.0 Å². The summed E-state index contributed by atoms with van der Waals surface area (Å²) in [4.78, 5) is 33.3. The van der Waals surface area contributed by atoms with Crippen LogP contribution in [0.1, 0.15) is 20.0 Å². The second kappa shape index (κ2) is 10.7. The molecule has 1 aliphatic heterocycles. The average Bonchev–Trinajstić information content (AvgIpc) is 3.36. The number of ether oxygens (including phenoxy) is 1. The number of rotatable bonds is 8. The number of aromatic carboxylic acids is 1. The Hall–Kier alpha value is -3.14. The number of amides is 1. The van der Waals surface area contributed by atoms with Gasteiger partial charge in [0.1, 0.15) is 23.7 Å². The van der Waals surface area contributed by atoms with Crippen molar-refractivity contribution in [2.24, 2.45) is 0 Å². The largest absolute Gasteiger partial charge is 0.492 e. The number of hydrogen-bond acceptors (Lipinski definition) is 7. The highest BCUT2D eigenvalue weighted by atomic mass is 35.5. The number of carbonyl (C=O) groups is 2. The molecule has 1 aromatic carbocycles. The van der Waals surface area contributed by atoms with Gasteiger partial charge >= 0.3 is 5.97 Å². The third kappa shape index (κ3) is 6.01. The highest BCUT2D eigenvalue weighted by Crippen LogP contribution is 2.24. The van der Waals surface area contributed by atoms with Crippen molar-refractivity contribution in [3.63, 3.8) is 0 Å². The fraction of sp³-hybridized carbons (Fsp3) is 0.261. The van der Waals surface area contributed by atoms with Crippen LogP contribution in [-0.4, -0.2) is 66.2 Å². The van der Waals surface area contributed by atoms with Gasteiger partial charge in [0.25, 0.3) is 5.91 Å². The van der Waals surface area contributed by atoms with Crippen molar-refractivity contribution < 1.29 is 19.4 Å². The zero-order chi connectivity index (χ0) is 23.2. The number of halogens is 1. The maximum atomic E-state index is 12.3. The second-order valence-corrected chi connectivity index (χ2v) is 8.85. The van der Waals surface area contributed by atoms with Crippen molar-refractivity contribution in [1.82, 2.24) is 9.88 Å². The highest BCUT2D eigenvalue weighted by Gasteiger charge is 2.23. The molecule has 0 saturated carbocycles. The molecule has 1 fully saturated rings. The lowest BCUT2D eigenvalue weighted by Gasteiger charge is -2.35. The first kappa shape index (κ1) is 23.0. The van der Waals surface area contributed by atoms with Gasteiger partial charge in [0, 0.05) is 37.7 Å². The van der Waals surface area contributed by atoms with E-state index in [-0.39, 0.29) is 11.5 Å². The van der Waals surface area contributed by atoms with E-state index in [1.807, 2.05) is 22.4 Å². The van der Waals surface area contributed by atoms with E-state index in [1.54, 1.807) is 24.3 Å². The first-order chi connectivity index (χ1) is 16.0. The number of anilines is 2. The third-order valence-electron chi connectivity index (χ3n) is 5.26. The van der Waals surface area contributed by atoms with E-state index in [0.717, 1.165) is 25.4 Å². The summed E-state index contributed by atoms with van der Waals surface area (Å²) in [5, 5.41) is 14.9. The second-order valence-electron chi connectivity index (χ2n) is 7.46. The summed E-state index contributed by atoms with van der Waals surface area (Å²) in [6.45, 7) is 4.15. The molecule has 172 valence electrons. The van der Waals surface area contributed by atoms with Crippen LogP contribution in [-0.2, 0) is 0 Å². The topological polar surface area (TPSA) is 95.0 Å². The molecule has 0 atom stereocenters. The molecule has 0 spiro atoms. The molecule has 33 heavy (non-hydrogen) atoms. The lowest BCUT2D eigenvalue weighted by atomic mass is 10.2. The van der Waals surface area contributed by atoms with Gasteiger partial charge in [-0.25, -0.2) is 9.78 Å². The molecule has 2 N–H and O–H groups in total. The van der Waals surface area contributed by atoms with E-state index < -0.39 is 5.97 Å². The summed E-state index contributed by atoms with van der Waals surface area (Å²) in [5.41, 5.74) is 0.422. The van der Waals surface area contributed by atoms with Gasteiger partial charge in [-0.2, -0.15) is 0 Å². The van der Waals surface area contributed by atoms with E-state index in [1.165, 1.54) is 23.6 Å². The van der Waals surface area contributed by atoms with Gasteiger partial charge in [-0.05, 0) is 41.8 Å². The molecule has 1 amide bonds. The number of pyridine rings is 1. The molecule has 0 bridgehead atoms. The quantitative estimate of drug-likeness (QED) is 0.497. The minimum atomic E-state index is -1.08. The molecule has 10 heteroatoms. The molecular weight excluding hydrogens is 464 g/mol. The Balaban J connectivity index is 1.32. The lowest BCUT2D eigenvalue weighted by Crippen LogP contribution is -2.48. The molecule has 8 nitrogen and oxygen atoms in total. The number of aromatic nitrogens is 1. The van der Waals surface area contributed by atoms with Crippen molar-refractivity contribution in [3.05, 3.63) is 69.5 Å². The SMILES string of the molecule is O=C(Nc1cnc(N2CCN(CCOc3ccc(Cl)cc3)CC2)c(C(=O)O)c1)c1cccs1. The van der Waals surface area contributed by atoms with Crippen LogP contribution in [0.25, 0.3) is 0 Å².